The lowest BCUT2D eigenvalue weighted by Gasteiger charge is -2.37. The van der Waals surface area contributed by atoms with Crippen molar-refractivity contribution in [3.8, 4) is 33.8 Å². The molecule has 1 fully saturated rings. The van der Waals surface area contributed by atoms with Crippen molar-refractivity contribution in [2.24, 2.45) is 0 Å². The highest BCUT2D eigenvalue weighted by molar-refractivity contribution is 5.74. The van der Waals surface area contributed by atoms with Gasteiger partial charge in [-0.2, -0.15) is 0 Å². The summed E-state index contributed by atoms with van der Waals surface area (Å²) in [7, 11) is 0. The Morgan fingerprint density at radius 3 is 1.15 bits per heavy atom. The number of ether oxygens (including phenoxy) is 2. The van der Waals surface area contributed by atoms with Crippen LogP contribution >= 0.6 is 0 Å². The van der Waals surface area contributed by atoms with Crippen molar-refractivity contribution in [3.63, 3.8) is 0 Å². The van der Waals surface area contributed by atoms with Gasteiger partial charge in [0.05, 0.1) is 13.2 Å². The van der Waals surface area contributed by atoms with E-state index in [1.807, 2.05) is 0 Å². The van der Waals surface area contributed by atoms with E-state index < -0.39 is 0 Å². The molecule has 1 aliphatic carbocycles. The molecule has 0 aliphatic heterocycles. The van der Waals surface area contributed by atoms with Gasteiger partial charge in [0.2, 0.25) is 0 Å². The first kappa shape index (κ1) is 35.7. The fourth-order valence-corrected chi connectivity index (χ4v) is 7.57. The molecular formula is C44H56O4. The highest BCUT2D eigenvalue weighted by Gasteiger charge is 2.35. The summed E-state index contributed by atoms with van der Waals surface area (Å²) in [5.74, 6) is 1.61. The minimum Gasteiger partial charge on any atom is -0.491 e. The Morgan fingerprint density at radius 2 is 0.792 bits per heavy atom. The second-order valence-electron chi connectivity index (χ2n) is 13.5. The smallest absolute Gasteiger partial charge is 0.127 e. The Balaban J connectivity index is 1.65. The van der Waals surface area contributed by atoms with Crippen LogP contribution in [0.3, 0.4) is 0 Å². The van der Waals surface area contributed by atoms with E-state index in [1.54, 1.807) is 0 Å². The average molecular weight is 649 g/mol. The summed E-state index contributed by atoms with van der Waals surface area (Å²) in [4.78, 5) is 0. The fraction of sp³-hybridized carbons (Fsp3) is 0.455. The molecule has 0 heterocycles. The zero-order valence-corrected chi connectivity index (χ0v) is 28.9. The van der Waals surface area contributed by atoms with E-state index in [-0.39, 0.29) is 31.8 Å². The van der Waals surface area contributed by atoms with Gasteiger partial charge in [0, 0.05) is 16.5 Å². The molecule has 0 unspecified atom stereocenters. The molecule has 4 heteroatoms. The number of rotatable bonds is 10. The quantitative estimate of drug-likeness (QED) is 0.180. The largest absolute Gasteiger partial charge is 0.491 e. The minimum atomic E-state index is -0.199. The van der Waals surface area contributed by atoms with E-state index in [0.29, 0.717) is 0 Å². The molecule has 0 spiro atoms. The van der Waals surface area contributed by atoms with E-state index in [2.05, 4.69) is 97.1 Å². The first-order chi connectivity index (χ1) is 23.7. The highest BCUT2D eigenvalue weighted by atomic mass is 16.5. The van der Waals surface area contributed by atoms with Gasteiger partial charge in [-0.3, -0.25) is 0 Å². The molecular weight excluding hydrogens is 592 g/mol. The maximum Gasteiger partial charge on any atom is 0.127 e. The van der Waals surface area contributed by atoms with Crippen LogP contribution in [0.5, 0.6) is 11.5 Å². The fourth-order valence-electron chi connectivity index (χ4n) is 7.57. The molecule has 0 atom stereocenters. The summed E-state index contributed by atoms with van der Waals surface area (Å²) in [6, 6.07) is 34.6. The van der Waals surface area contributed by atoms with Crippen LogP contribution < -0.4 is 9.47 Å². The minimum absolute atomic E-state index is 0.0210. The van der Waals surface area contributed by atoms with Gasteiger partial charge in [-0.15, -0.1) is 0 Å². The van der Waals surface area contributed by atoms with Crippen molar-refractivity contribution in [1.82, 2.24) is 0 Å². The van der Waals surface area contributed by atoms with E-state index >= 15 is 0 Å². The van der Waals surface area contributed by atoms with Crippen LogP contribution in [0, 0.1) is 0 Å². The van der Waals surface area contributed by atoms with Gasteiger partial charge in [0.1, 0.15) is 24.7 Å². The van der Waals surface area contributed by atoms with Gasteiger partial charge in [-0.25, -0.2) is 0 Å². The predicted molar refractivity (Wildman–Crippen MR) is 199 cm³/mol. The topological polar surface area (TPSA) is 58.9 Å². The van der Waals surface area contributed by atoms with Crippen molar-refractivity contribution in [1.29, 1.82) is 0 Å². The van der Waals surface area contributed by atoms with Crippen molar-refractivity contribution >= 4 is 0 Å². The molecule has 0 amide bonds. The molecule has 0 bridgehead atoms. The van der Waals surface area contributed by atoms with E-state index in [4.69, 9.17) is 9.47 Å². The standard InChI is InChI=1S/C44H56O4/c45-30-32-47-42-26-24-38(34-40(42)36-20-14-12-15-21-36)44(28-18-10-8-6-4-2-1-3-5-7-9-11-19-29-44)39-25-27-43(48-33-31-46)41(35-39)37-22-16-13-17-23-37/h12-17,20-27,34-35,45-46H,1-11,18-19,28-33H2. The van der Waals surface area contributed by atoms with Crippen LogP contribution in [0.4, 0.5) is 0 Å². The molecule has 1 saturated carbocycles. The van der Waals surface area contributed by atoms with Crippen molar-refractivity contribution < 1.29 is 19.7 Å². The normalized spacial score (nSPS) is 16.6. The van der Waals surface area contributed by atoms with Crippen LogP contribution in [0.2, 0.25) is 0 Å². The number of aliphatic hydroxyl groups excluding tert-OH is 2. The van der Waals surface area contributed by atoms with Crippen LogP contribution in [-0.2, 0) is 5.41 Å². The van der Waals surface area contributed by atoms with E-state index in [1.165, 1.54) is 94.6 Å². The Morgan fingerprint density at radius 1 is 0.438 bits per heavy atom. The van der Waals surface area contributed by atoms with E-state index in [9.17, 15) is 10.2 Å². The zero-order valence-electron chi connectivity index (χ0n) is 28.9. The maximum atomic E-state index is 9.61. The van der Waals surface area contributed by atoms with Crippen LogP contribution in [0.1, 0.15) is 107 Å². The molecule has 0 aromatic heterocycles. The molecule has 4 aromatic rings. The molecule has 0 radical (unpaired) electrons. The lowest BCUT2D eigenvalue weighted by Crippen LogP contribution is -2.28. The summed E-state index contributed by atoms with van der Waals surface area (Å²) < 4.78 is 12.2. The predicted octanol–water partition coefficient (Wildman–Crippen LogP) is 10.9. The van der Waals surface area contributed by atoms with Crippen LogP contribution in [-0.4, -0.2) is 36.6 Å². The summed E-state index contributed by atoms with van der Waals surface area (Å²) >= 11 is 0. The third-order valence-corrected chi connectivity index (χ3v) is 10.1. The Bertz CT molecular complexity index is 1370. The molecule has 1 aliphatic rings. The van der Waals surface area contributed by atoms with Crippen LogP contribution in [0.15, 0.2) is 97.1 Å². The van der Waals surface area contributed by atoms with Gasteiger partial charge in [0.15, 0.2) is 0 Å². The molecule has 2 N–H and O–H groups in total. The molecule has 0 saturated heterocycles. The first-order valence-electron chi connectivity index (χ1n) is 18.6. The van der Waals surface area contributed by atoms with Crippen LogP contribution in [0.25, 0.3) is 22.3 Å². The number of benzene rings is 4. The Labute approximate surface area is 289 Å². The summed E-state index contributed by atoms with van der Waals surface area (Å²) in [6.45, 7) is 0.486. The molecule has 48 heavy (non-hydrogen) atoms. The average Bonchev–Trinajstić information content (AvgIpc) is 3.14. The first-order valence-corrected chi connectivity index (χ1v) is 18.6. The third kappa shape index (κ3) is 9.74. The summed E-state index contributed by atoms with van der Waals surface area (Å²) in [5, 5.41) is 19.2. The highest BCUT2D eigenvalue weighted by Crippen LogP contribution is 2.47. The van der Waals surface area contributed by atoms with Gasteiger partial charge >= 0.3 is 0 Å². The lowest BCUT2D eigenvalue weighted by molar-refractivity contribution is 0.202. The Kier molecular flexibility index (Phi) is 14.4. The summed E-state index contributed by atoms with van der Waals surface area (Å²) in [5.41, 5.74) is 6.82. The monoisotopic (exact) mass is 648 g/mol. The summed E-state index contributed by atoms with van der Waals surface area (Å²) in [6.07, 6.45) is 19.1. The SMILES string of the molecule is OCCOc1ccc(C2(c3ccc(OCCO)c(-c4ccccc4)c3)CCCCCCCCCCCCCCC2)cc1-c1ccccc1. The van der Waals surface area contributed by atoms with Gasteiger partial charge in [-0.1, -0.05) is 156 Å². The number of hydrogen-bond acceptors (Lipinski definition) is 4. The zero-order chi connectivity index (χ0) is 33.3. The molecule has 4 aromatic carbocycles. The third-order valence-electron chi connectivity index (χ3n) is 10.1. The van der Waals surface area contributed by atoms with Crippen molar-refractivity contribution in [2.75, 3.05) is 26.4 Å². The second-order valence-corrected chi connectivity index (χ2v) is 13.5. The van der Waals surface area contributed by atoms with Gasteiger partial charge in [0.25, 0.3) is 0 Å². The molecule has 5 rings (SSSR count). The Hall–Kier alpha value is -3.60. The number of hydrogen-bond donors (Lipinski definition) is 2. The maximum absolute atomic E-state index is 9.61. The van der Waals surface area contributed by atoms with Crippen molar-refractivity contribution in [3.05, 3.63) is 108 Å². The van der Waals surface area contributed by atoms with E-state index in [0.717, 1.165) is 46.6 Å². The lowest BCUT2D eigenvalue weighted by atomic mass is 9.67. The van der Waals surface area contributed by atoms with Gasteiger partial charge < -0.3 is 19.7 Å². The second kappa shape index (κ2) is 19.4. The number of aliphatic hydroxyl groups is 2. The van der Waals surface area contributed by atoms with Gasteiger partial charge in [-0.05, 0) is 59.4 Å². The molecule has 4 nitrogen and oxygen atoms in total. The molecule has 256 valence electrons. The van der Waals surface area contributed by atoms with Crippen molar-refractivity contribution in [2.45, 2.75) is 102 Å².